The predicted octanol–water partition coefficient (Wildman–Crippen LogP) is 1.74. The second-order valence-electron chi connectivity index (χ2n) is 4.30. The van der Waals surface area contributed by atoms with E-state index in [0.29, 0.717) is 12.8 Å². The summed E-state index contributed by atoms with van der Waals surface area (Å²) in [5, 5.41) is 8.41. The summed E-state index contributed by atoms with van der Waals surface area (Å²) in [6, 6.07) is 2.02. The van der Waals surface area contributed by atoms with Crippen molar-refractivity contribution >= 4 is 21.7 Å². The molecule has 1 aliphatic rings. The van der Waals surface area contributed by atoms with Crippen molar-refractivity contribution in [2.24, 2.45) is 0 Å². The number of carboxylic acids is 1. The summed E-state index contributed by atoms with van der Waals surface area (Å²) >= 11 is 0. The Morgan fingerprint density at radius 1 is 1.44 bits per heavy atom. The van der Waals surface area contributed by atoms with Crippen LogP contribution in [0.5, 0.6) is 0 Å². The van der Waals surface area contributed by atoms with Crippen LogP contribution in [0.2, 0.25) is 0 Å². The molecular formula is C11H12FNO4S. The van der Waals surface area contributed by atoms with Crippen LogP contribution in [0, 0.1) is 12.7 Å². The number of sulfonamides is 1. The fourth-order valence-electron chi connectivity index (χ4n) is 1.60. The largest absolute Gasteiger partial charge is 0.478 e. The van der Waals surface area contributed by atoms with E-state index >= 15 is 0 Å². The Kier molecular flexibility index (Phi) is 3.02. The maximum Gasteiger partial charge on any atom is 0.336 e. The van der Waals surface area contributed by atoms with E-state index in [1.807, 2.05) is 0 Å². The number of rotatable bonds is 4. The molecule has 5 nitrogen and oxygen atoms in total. The molecule has 1 aliphatic carbocycles. The van der Waals surface area contributed by atoms with Crippen molar-refractivity contribution in [1.29, 1.82) is 0 Å². The molecule has 98 valence electrons. The fraction of sp³-hybridized carbons (Fsp3) is 0.364. The molecule has 1 fully saturated rings. The summed E-state index contributed by atoms with van der Waals surface area (Å²) in [6.45, 7) is 1.45. The molecule has 0 radical (unpaired) electrons. The zero-order chi connectivity index (χ0) is 13.5. The number of hydrogen-bond acceptors (Lipinski definition) is 3. The fourth-order valence-corrected chi connectivity index (χ4v) is 2.98. The van der Waals surface area contributed by atoms with Gasteiger partial charge in [0, 0.05) is 0 Å². The molecule has 1 saturated carbocycles. The van der Waals surface area contributed by atoms with Crippen molar-refractivity contribution in [1.82, 2.24) is 0 Å². The Balaban J connectivity index is 2.38. The minimum atomic E-state index is -3.60. The predicted molar refractivity (Wildman–Crippen MR) is 63.7 cm³/mol. The quantitative estimate of drug-likeness (QED) is 0.875. The minimum absolute atomic E-state index is 0.120. The second-order valence-corrected chi connectivity index (χ2v) is 6.26. The lowest BCUT2D eigenvalue weighted by molar-refractivity contribution is 0.0696. The lowest BCUT2D eigenvalue weighted by atomic mass is 10.1. The van der Waals surface area contributed by atoms with Crippen molar-refractivity contribution in [2.75, 3.05) is 4.72 Å². The van der Waals surface area contributed by atoms with Gasteiger partial charge in [-0.15, -0.1) is 0 Å². The van der Waals surface area contributed by atoms with Crippen molar-refractivity contribution in [3.8, 4) is 0 Å². The molecule has 2 rings (SSSR count). The van der Waals surface area contributed by atoms with Crippen molar-refractivity contribution in [3.63, 3.8) is 0 Å². The van der Waals surface area contributed by atoms with E-state index < -0.39 is 27.1 Å². The van der Waals surface area contributed by atoms with E-state index in [4.69, 9.17) is 5.11 Å². The minimum Gasteiger partial charge on any atom is -0.478 e. The lowest BCUT2D eigenvalue weighted by Gasteiger charge is -2.10. The maximum absolute atomic E-state index is 13.6. The van der Waals surface area contributed by atoms with Gasteiger partial charge in [0.2, 0.25) is 10.0 Å². The average Bonchev–Trinajstić information content (AvgIpc) is 3.04. The third-order valence-electron chi connectivity index (χ3n) is 2.76. The lowest BCUT2D eigenvalue weighted by Crippen LogP contribution is -2.18. The third kappa shape index (κ3) is 2.45. The zero-order valence-corrected chi connectivity index (χ0v) is 10.4. The highest BCUT2D eigenvalue weighted by atomic mass is 32.2. The van der Waals surface area contributed by atoms with E-state index in [9.17, 15) is 17.6 Å². The second kappa shape index (κ2) is 4.24. The van der Waals surface area contributed by atoms with E-state index in [0.717, 1.165) is 12.1 Å². The highest BCUT2D eigenvalue weighted by molar-refractivity contribution is 7.93. The van der Waals surface area contributed by atoms with Crippen LogP contribution in [0.1, 0.15) is 28.8 Å². The summed E-state index contributed by atoms with van der Waals surface area (Å²) < 4.78 is 39.0. The van der Waals surface area contributed by atoms with Crippen molar-refractivity contribution in [3.05, 3.63) is 29.1 Å². The molecule has 0 atom stereocenters. The van der Waals surface area contributed by atoms with Crippen LogP contribution in [-0.4, -0.2) is 24.7 Å². The van der Waals surface area contributed by atoms with Crippen LogP contribution >= 0.6 is 0 Å². The molecule has 0 aliphatic heterocycles. The van der Waals surface area contributed by atoms with Gasteiger partial charge in [0.15, 0.2) is 0 Å². The van der Waals surface area contributed by atoms with Crippen LogP contribution in [0.15, 0.2) is 12.1 Å². The first-order valence-corrected chi connectivity index (χ1v) is 6.91. The standard InChI is InChI=1S/C11H12FNO4S/c1-6-4-9(12)10(5-8(6)11(14)15)13-18(16,17)7-2-3-7/h4-5,7,13H,2-3H2,1H3,(H,14,15). The SMILES string of the molecule is Cc1cc(F)c(NS(=O)(=O)C2CC2)cc1C(=O)O. The first-order valence-electron chi connectivity index (χ1n) is 5.36. The van der Waals surface area contributed by atoms with Gasteiger partial charge in [0.1, 0.15) is 5.82 Å². The molecular weight excluding hydrogens is 261 g/mol. The zero-order valence-electron chi connectivity index (χ0n) is 9.60. The van der Waals surface area contributed by atoms with Crippen molar-refractivity contribution in [2.45, 2.75) is 25.0 Å². The monoisotopic (exact) mass is 273 g/mol. The summed E-state index contributed by atoms with van der Waals surface area (Å²) in [4.78, 5) is 10.9. The number of carboxylic acid groups (broad SMARTS) is 1. The van der Waals surface area contributed by atoms with E-state index in [1.54, 1.807) is 0 Å². The summed E-state index contributed by atoms with van der Waals surface area (Å²) in [5.74, 6) is -2.00. The molecule has 7 heteroatoms. The highest BCUT2D eigenvalue weighted by Crippen LogP contribution is 2.31. The Morgan fingerprint density at radius 2 is 2.06 bits per heavy atom. The molecule has 0 saturated heterocycles. The number of nitrogens with one attached hydrogen (secondary N) is 1. The topological polar surface area (TPSA) is 83.5 Å². The summed E-state index contributed by atoms with van der Waals surface area (Å²) in [5.41, 5.74) is -0.191. The van der Waals surface area contributed by atoms with Gasteiger partial charge in [-0.1, -0.05) is 0 Å². The highest BCUT2D eigenvalue weighted by Gasteiger charge is 2.36. The molecule has 0 bridgehead atoms. The van der Waals surface area contributed by atoms with Gasteiger partial charge < -0.3 is 5.11 Å². The molecule has 2 N–H and O–H groups in total. The Bertz CT molecular complexity index is 608. The van der Waals surface area contributed by atoms with Crippen LogP contribution in [0.4, 0.5) is 10.1 Å². The van der Waals surface area contributed by atoms with Gasteiger partial charge in [-0.25, -0.2) is 17.6 Å². The van der Waals surface area contributed by atoms with Gasteiger partial charge >= 0.3 is 5.97 Å². The summed E-state index contributed by atoms with van der Waals surface area (Å²) in [7, 11) is -3.60. The van der Waals surface area contributed by atoms with Gasteiger partial charge in [-0.05, 0) is 37.5 Å². The Labute approximate surface area is 104 Å². The molecule has 18 heavy (non-hydrogen) atoms. The number of halogens is 1. The molecule has 0 aromatic heterocycles. The van der Waals surface area contributed by atoms with Crippen LogP contribution in [0.25, 0.3) is 0 Å². The van der Waals surface area contributed by atoms with Gasteiger partial charge in [-0.3, -0.25) is 4.72 Å². The van der Waals surface area contributed by atoms with Gasteiger partial charge in [0.25, 0.3) is 0 Å². The Morgan fingerprint density at radius 3 is 2.56 bits per heavy atom. The molecule has 0 heterocycles. The molecule has 0 unspecified atom stereocenters. The smallest absolute Gasteiger partial charge is 0.336 e. The number of hydrogen-bond donors (Lipinski definition) is 2. The van der Waals surface area contributed by atoms with Crippen LogP contribution in [0.3, 0.4) is 0 Å². The van der Waals surface area contributed by atoms with Crippen LogP contribution < -0.4 is 4.72 Å². The number of aryl methyl sites for hydroxylation is 1. The maximum atomic E-state index is 13.6. The van der Waals surface area contributed by atoms with Crippen molar-refractivity contribution < 1.29 is 22.7 Å². The number of anilines is 1. The van der Waals surface area contributed by atoms with Crippen LogP contribution in [-0.2, 0) is 10.0 Å². The van der Waals surface area contributed by atoms with E-state index in [1.165, 1.54) is 6.92 Å². The van der Waals surface area contributed by atoms with Gasteiger partial charge in [-0.2, -0.15) is 0 Å². The molecule has 1 aromatic carbocycles. The first kappa shape index (κ1) is 12.8. The number of benzene rings is 1. The number of aromatic carboxylic acids is 1. The third-order valence-corrected chi connectivity index (χ3v) is 4.61. The molecule has 0 amide bonds. The normalized spacial score (nSPS) is 15.4. The van der Waals surface area contributed by atoms with Gasteiger partial charge in [0.05, 0.1) is 16.5 Å². The van der Waals surface area contributed by atoms with E-state index in [2.05, 4.69) is 4.72 Å². The summed E-state index contributed by atoms with van der Waals surface area (Å²) in [6.07, 6.45) is 1.10. The molecule has 1 aromatic rings. The molecule has 0 spiro atoms. The van der Waals surface area contributed by atoms with E-state index in [-0.39, 0.29) is 16.8 Å². The first-order chi connectivity index (χ1) is 8.31. The Hall–Kier alpha value is -1.63. The average molecular weight is 273 g/mol. The number of carbonyl (C=O) groups is 1.